The van der Waals surface area contributed by atoms with Crippen molar-refractivity contribution in [1.82, 2.24) is 0 Å². The van der Waals surface area contributed by atoms with Crippen LogP contribution in [-0.2, 0) is 28.6 Å². The topological polar surface area (TPSA) is 99.1 Å². The maximum absolute atomic E-state index is 12.7. The van der Waals surface area contributed by atoms with Crippen molar-refractivity contribution in [3.63, 3.8) is 0 Å². The van der Waals surface area contributed by atoms with Gasteiger partial charge in [0.05, 0.1) is 34.4 Å². The number of ether oxygens (including phenoxy) is 3. The van der Waals surface area contributed by atoms with Gasteiger partial charge in [0.15, 0.2) is 12.1 Å². The predicted octanol–water partition coefficient (Wildman–Crippen LogP) is 12.6. The summed E-state index contributed by atoms with van der Waals surface area (Å²) in [5.41, 5.74) is 0. The first kappa shape index (κ1) is 54.0. The molecule has 0 aromatic heterocycles. The molecule has 0 amide bonds. The van der Waals surface area contributed by atoms with E-state index in [1.165, 1.54) is 96.3 Å². The first-order valence-corrected chi connectivity index (χ1v) is 22.9. The number of unbranched alkanes of at least 4 members (excludes halogenated alkanes) is 20. The maximum atomic E-state index is 12.7. The van der Waals surface area contributed by atoms with Crippen LogP contribution in [-0.4, -0.2) is 80.6 Å². The number of rotatable bonds is 40. The first-order valence-electron chi connectivity index (χ1n) is 22.9. The van der Waals surface area contributed by atoms with E-state index in [4.69, 9.17) is 14.2 Å². The molecule has 0 radical (unpaired) electrons. The number of esters is 2. The van der Waals surface area contributed by atoms with Crippen LogP contribution < -0.4 is 0 Å². The quantitative estimate of drug-likeness (QED) is 0.0285. The van der Waals surface area contributed by atoms with E-state index in [1.807, 2.05) is 69.8 Å². The van der Waals surface area contributed by atoms with Crippen LogP contribution in [0.3, 0.4) is 0 Å². The molecule has 8 nitrogen and oxygen atoms in total. The van der Waals surface area contributed by atoms with Crippen LogP contribution in [0.1, 0.15) is 181 Å². The summed E-state index contributed by atoms with van der Waals surface area (Å²) in [7, 11) is 5.51. The zero-order chi connectivity index (χ0) is 42.1. The van der Waals surface area contributed by atoms with Crippen LogP contribution in [0.15, 0.2) is 60.8 Å². The van der Waals surface area contributed by atoms with E-state index in [0.29, 0.717) is 19.3 Å². The number of carboxylic acid groups (broad SMARTS) is 1. The molecule has 0 heterocycles. The molecule has 0 aliphatic heterocycles. The number of carboxylic acids is 1. The number of nitrogens with zero attached hydrogens (tertiary/aromatic N) is 1. The molecule has 0 aromatic rings. The molecule has 0 spiro atoms. The third-order valence-electron chi connectivity index (χ3n) is 10.1. The van der Waals surface area contributed by atoms with Crippen molar-refractivity contribution in [1.29, 1.82) is 0 Å². The van der Waals surface area contributed by atoms with Gasteiger partial charge in [-0.15, -0.1) is 0 Å². The van der Waals surface area contributed by atoms with Crippen LogP contribution in [0.2, 0.25) is 0 Å². The van der Waals surface area contributed by atoms with Crippen LogP contribution in [0.4, 0.5) is 0 Å². The van der Waals surface area contributed by atoms with Crippen LogP contribution in [0, 0.1) is 0 Å². The van der Waals surface area contributed by atoms with Gasteiger partial charge >= 0.3 is 17.9 Å². The van der Waals surface area contributed by atoms with Crippen molar-refractivity contribution in [3.8, 4) is 0 Å². The Kier molecular flexibility index (Phi) is 37.8. The highest BCUT2D eigenvalue weighted by atomic mass is 16.6. The fraction of sp³-hybridized carbons (Fsp3) is 0.735. The van der Waals surface area contributed by atoms with E-state index >= 15 is 0 Å². The lowest BCUT2D eigenvalue weighted by Crippen LogP contribution is -2.50. The van der Waals surface area contributed by atoms with E-state index in [-0.39, 0.29) is 42.7 Å². The number of hydrogen-bond donors (Lipinski definition) is 1. The van der Waals surface area contributed by atoms with Gasteiger partial charge < -0.3 is 23.8 Å². The minimum absolute atomic E-state index is 0.0430. The number of aliphatic carboxylic acids is 1. The SMILES string of the molecule is CC/C=C/C=C/C=C/C=C/C=C/CCCCCC(=O)OC(COCCC(C(=O)O)[N+](C)(C)C)COC(=O)CCCCCCCCCCCCCCCCCCCC. The number of likely N-dealkylation sites (N-methyl/N-ethyl adjacent to an activating group) is 1. The Morgan fingerprint density at radius 3 is 1.46 bits per heavy atom. The summed E-state index contributed by atoms with van der Waals surface area (Å²) in [6, 6.07) is -0.624. The van der Waals surface area contributed by atoms with Crippen molar-refractivity contribution >= 4 is 17.9 Å². The van der Waals surface area contributed by atoms with E-state index in [1.54, 1.807) is 0 Å². The second-order valence-corrected chi connectivity index (χ2v) is 16.4. The summed E-state index contributed by atoms with van der Waals surface area (Å²) in [4.78, 5) is 37.0. The molecule has 0 aliphatic carbocycles. The standard InChI is InChI=1S/C49H85NO7/c1-6-8-10-12-14-16-18-20-22-23-24-26-27-29-31-33-35-37-39-47(51)56-44-45(43-55-42-41-46(49(53)54)50(3,4)5)57-48(52)40-38-36-34-32-30-28-25-21-19-17-15-13-11-9-7-2/h9,11,13,15,17,19,21,25,28,30,45-46H,6-8,10,12,14,16,18,20,22-24,26-27,29,31-44H2,1-5H3/p+1/b11-9+,15-13+,19-17+,25-21+,30-28+. The van der Waals surface area contributed by atoms with Crippen molar-refractivity contribution in [2.75, 3.05) is 41.0 Å². The predicted molar refractivity (Wildman–Crippen MR) is 238 cm³/mol. The lowest BCUT2D eigenvalue weighted by molar-refractivity contribution is -0.887. The second-order valence-electron chi connectivity index (χ2n) is 16.4. The molecule has 0 saturated carbocycles. The fourth-order valence-corrected chi connectivity index (χ4v) is 6.52. The molecule has 2 unspecified atom stereocenters. The van der Waals surface area contributed by atoms with Crippen molar-refractivity contribution < 1.29 is 38.2 Å². The van der Waals surface area contributed by atoms with Gasteiger partial charge in [-0.1, -0.05) is 190 Å². The average Bonchev–Trinajstić information content (AvgIpc) is 3.17. The number of allylic oxidation sites excluding steroid dienone is 10. The Morgan fingerprint density at radius 1 is 0.544 bits per heavy atom. The van der Waals surface area contributed by atoms with Gasteiger partial charge in [-0.05, 0) is 32.1 Å². The average molecular weight is 801 g/mol. The zero-order valence-electron chi connectivity index (χ0n) is 37.3. The van der Waals surface area contributed by atoms with Gasteiger partial charge in [-0.3, -0.25) is 9.59 Å². The summed E-state index contributed by atoms with van der Waals surface area (Å²) in [5.74, 6) is -1.52. The van der Waals surface area contributed by atoms with Crippen LogP contribution >= 0.6 is 0 Å². The Morgan fingerprint density at radius 2 is 0.982 bits per heavy atom. The van der Waals surface area contributed by atoms with Gasteiger partial charge in [0.2, 0.25) is 0 Å². The maximum Gasteiger partial charge on any atom is 0.362 e. The summed E-state index contributed by atoms with van der Waals surface area (Å²) in [6.45, 7) is 4.55. The third-order valence-corrected chi connectivity index (χ3v) is 10.1. The lowest BCUT2D eigenvalue weighted by atomic mass is 10.0. The first-order chi connectivity index (χ1) is 27.6. The number of carbonyl (C=O) groups excluding carboxylic acids is 2. The smallest absolute Gasteiger partial charge is 0.362 e. The van der Waals surface area contributed by atoms with Crippen LogP contribution in [0.25, 0.3) is 0 Å². The molecule has 0 aliphatic rings. The molecule has 0 bridgehead atoms. The fourth-order valence-electron chi connectivity index (χ4n) is 6.52. The Labute approximate surface area is 349 Å². The summed E-state index contributed by atoms with van der Waals surface area (Å²) in [5, 5.41) is 9.62. The minimum Gasteiger partial charge on any atom is -0.477 e. The normalized spacial score (nSPS) is 13.5. The van der Waals surface area contributed by atoms with Crippen molar-refractivity contribution in [2.24, 2.45) is 0 Å². The highest BCUT2D eigenvalue weighted by molar-refractivity contribution is 5.72. The Hall–Kier alpha value is -2.97. The number of hydrogen-bond acceptors (Lipinski definition) is 6. The summed E-state index contributed by atoms with van der Waals surface area (Å²) in [6.07, 6.45) is 48.4. The highest BCUT2D eigenvalue weighted by Crippen LogP contribution is 2.15. The molecular formula is C49H86NO7+. The molecule has 57 heavy (non-hydrogen) atoms. The van der Waals surface area contributed by atoms with Gasteiger partial charge in [0, 0.05) is 19.3 Å². The molecular weight excluding hydrogens is 715 g/mol. The molecule has 0 aromatic carbocycles. The highest BCUT2D eigenvalue weighted by Gasteiger charge is 2.31. The molecule has 0 rings (SSSR count). The van der Waals surface area contributed by atoms with E-state index in [9.17, 15) is 19.5 Å². The monoisotopic (exact) mass is 801 g/mol. The molecule has 0 fully saturated rings. The van der Waals surface area contributed by atoms with Gasteiger partial charge in [0.25, 0.3) is 0 Å². The zero-order valence-corrected chi connectivity index (χ0v) is 37.3. The molecule has 1 N–H and O–H groups in total. The largest absolute Gasteiger partial charge is 0.477 e. The van der Waals surface area contributed by atoms with Gasteiger partial charge in [-0.25, -0.2) is 4.79 Å². The van der Waals surface area contributed by atoms with Gasteiger partial charge in [0.1, 0.15) is 6.61 Å². The Bertz CT molecular complexity index is 1120. The second kappa shape index (κ2) is 39.8. The molecule has 328 valence electrons. The van der Waals surface area contributed by atoms with Crippen molar-refractivity contribution in [3.05, 3.63) is 60.8 Å². The van der Waals surface area contributed by atoms with Crippen molar-refractivity contribution in [2.45, 2.75) is 193 Å². The van der Waals surface area contributed by atoms with E-state index in [2.05, 4.69) is 26.0 Å². The molecule has 8 heteroatoms. The molecule has 2 atom stereocenters. The van der Waals surface area contributed by atoms with E-state index in [0.717, 1.165) is 44.9 Å². The van der Waals surface area contributed by atoms with Gasteiger partial charge in [-0.2, -0.15) is 0 Å². The lowest BCUT2D eigenvalue weighted by Gasteiger charge is -2.31. The number of carbonyl (C=O) groups is 3. The Balaban J connectivity index is 4.36. The molecule has 0 saturated heterocycles. The minimum atomic E-state index is -0.883. The number of quaternary nitrogens is 1. The van der Waals surface area contributed by atoms with Crippen LogP contribution in [0.5, 0.6) is 0 Å². The summed E-state index contributed by atoms with van der Waals surface area (Å²) >= 11 is 0. The summed E-state index contributed by atoms with van der Waals surface area (Å²) < 4.78 is 17.2. The third kappa shape index (κ3) is 38.3. The van der Waals surface area contributed by atoms with E-state index < -0.39 is 18.1 Å².